The summed E-state index contributed by atoms with van der Waals surface area (Å²) < 4.78 is 11.3. The predicted octanol–water partition coefficient (Wildman–Crippen LogP) is 4.14. The Morgan fingerprint density at radius 2 is 1.93 bits per heavy atom. The molecule has 0 aliphatic rings. The van der Waals surface area contributed by atoms with Gasteiger partial charge < -0.3 is 14.5 Å². The molecule has 2 aromatic carbocycles. The van der Waals surface area contributed by atoms with Crippen molar-refractivity contribution in [1.82, 2.24) is 10.2 Å². The van der Waals surface area contributed by atoms with E-state index in [1.807, 2.05) is 80.4 Å². The molecule has 1 amide bonds. The van der Waals surface area contributed by atoms with E-state index in [-0.39, 0.29) is 11.9 Å². The quantitative estimate of drug-likeness (QED) is 0.651. The number of carbonyl (C=O) groups excluding carboxylic acids is 1. The molecule has 0 aliphatic carbocycles. The summed E-state index contributed by atoms with van der Waals surface area (Å²) in [6.45, 7) is 5.56. The summed E-state index contributed by atoms with van der Waals surface area (Å²) in [4.78, 5) is 14.3. The van der Waals surface area contributed by atoms with Gasteiger partial charge in [0.05, 0.1) is 19.2 Å². The first kappa shape index (κ1) is 19.0. The molecule has 0 saturated carbocycles. The fraction of sp³-hybridized carbons (Fsp3) is 0.318. The number of benzene rings is 2. The van der Waals surface area contributed by atoms with Gasteiger partial charge in [-0.1, -0.05) is 30.3 Å². The van der Waals surface area contributed by atoms with Crippen LogP contribution in [0.1, 0.15) is 31.2 Å². The molecule has 1 aromatic heterocycles. The van der Waals surface area contributed by atoms with E-state index in [0.717, 1.165) is 28.0 Å². The molecule has 0 fully saturated rings. The Kier molecular flexibility index (Phi) is 6.14. The average Bonchev–Trinajstić information content (AvgIpc) is 3.08. The topological polar surface area (TPSA) is 54.7 Å². The number of furan rings is 1. The van der Waals surface area contributed by atoms with Crippen LogP contribution in [0.3, 0.4) is 0 Å². The number of rotatable bonds is 8. The standard InChI is InChI=1S/C22H26N2O3/c1-4-26-19-11-9-17(10-12-19)14-24(3)15-22(25)23-16(2)21-13-18-7-5-6-8-20(18)27-21/h5-13,16H,4,14-15H2,1-3H3,(H,23,25)/t16-/m0/s1. The molecule has 1 heterocycles. The second kappa shape index (κ2) is 8.73. The Morgan fingerprint density at radius 3 is 2.63 bits per heavy atom. The van der Waals surface area contributed by atoms with E-state index in [4.69, 9.17) is 9.15 Å². The fourth-order valence-electron chi connectivity index (χ4n) is 3.04. The molecule has 0 radical (unpaired) electrons. The normalized spacial score (nSPS) is 12.3. The molecular weight excluding hydrogens is 340 g/mol. The zero-order valence-electron chi connectivity index (χ0n) is 16.1. The van der Waals surface area contributed by atoms with Crippen LogP contribution in [0.4, 0.5) is 0 Å². The van der Waals surface area contributed by atoms with Crippen LogP contribution >= 0.6 is 0 Å². The largest absolute Gasteiger partial charge is 0.494 e. The lowest BCUT2D eigenvalue weighted by atomic mass is 10.2. The number of hydrogen-bond donors (Lipinski definition) is 1. The van der Waals surface area contributed by atoms with Gasteiger partial charge in [0, 0.05) is 11.9 Å². The van der Waals surface area contributed by atoms with Gasteiger partial charge in [-0.05, 0) is 50.7 Å². The summed E-state index contributed by atoms with van der Waals surface area (Å²) in [6.07, 6.45) is 0. The molecule has 0 spiro atoms. The molecule has 0 saturated heterocycles. The Morgan fingerprint density at radius 1 is 1.19 bits per heavy atom. The van der Waals surface area contributed by atoms with Crippen molar-refractivity contribution in [3.05, 3.63) is 65.9 Å². The third-order valence-electron chi connectivity index (χ3n) is 4.35. The Labute approximate surface area is 159 Å². The average molecular weight is 366 g/mol. The molecule has 1 atom stereocenters. The molecule has 3 aromatic rings. The first-order valence-electron chi connectivity index (χ1n) is 9.23. The number of nitrogens with one attached hydrogen (secondary N) is 1. The van der Waals surface area contributed by atoms with Crippen molar-refractivity contribution in [1.29, 1.82) is 0 Å². The highest BCUT2D eigenvalue weighted by Crippen LogP contribution is 2.23. The van der Waals surface area contributed by atoms with Crippen LogP contribution in [0.15, 0.2) is 59.0 Å². The first-order valence-corrected chi connectivity index (χ1v) is 9.23. The van der Waals surface area contributed by atoms with Crippen molar-refractivity contribution < 1.29 is 13.9 Å². The fourth-order valence-corrected chi connectivity index (χ4v) is 3.04. The number of likely N-dealkylation sites (N-methyl/N-ethyl adjacent to an activating group) is 1. The van der Waals surface area contributed by atoms with Crippen molar-refractivity contribution in [3.63, 3.8) is 0 Å². The minimum atomic E-state index is -0.177. The maximum Gasteiger partial charge on any atom is 0.234 e. The SMILES string of the molecule is CCOc1ccc(CN(C)CC(=O)N[C@@H](C)c2cc3ccccc3o2)cc1. The summed E-state index contributed by atoms with van der Waals surface area (Å²) >= 11 is 0. The summed E-state index contributed by atoms with van der Waals surface area (Å²) in [5.74, 6) is 1.59. The monoisotopic (exact) mass is 366 g/mol. The molecule has 0 unspecified atom stereocenters. The van der Waals surface area contributed by atoms with Crippen molar-refractivity contribution in [2.75, 3.05) is 20.2 Å². The molecule has 27 heavy (non-hydrogen) atoms. The highest BCUT2D eigenvalue weighted by atomic mass is 16.5. The Bertz CT molecular complexity index is 853. The van der Waals surface area contributed by atoms with E-state index < -0.39 is 0 Å². The smallest absolute Gasteiger partial charge is 0.234 e. The minimum absolute atomic E-state index is 0.0311. The molecule has 5 heteroatoms. The number of hydrogen-bond acceptors (Lipinski definition) is 4. The van der Waals surface area contributed by atoms with Crippen LogP contribution < -0.4 is 10.1 Å². The number of para-hydroxylation sites is 1. The summed E-state index contributed by atoms with van der Waals surface area (Å²) in [5, 5.41) is 4.05. The molecule has 0 aliphatic heterocycles. The van der Waals surface area contributed by atoms with E-state index >= 15 is 0 Å². The number of carbonyl (C=O) groups is 1. The molecular formula is C22H26N2O3. The van der Waals surface area contributed by atoms with Gasteiger partial charge in [0.2, 0.25) is 5.91 Å². The number of ether oxygens (including phenoxy) is 1. The highest BCUT2D eigenvalue weighted by molar-refractivity contribution is 5.80. The van der Waals surface area contributed by atoms with Crippen LogP contribution in [0, 0.1) is 0 Å². The molecule has 0 bridgehead atoms. The zero-order valence-corrected chi connectivity index (χ0v) is 16.1. The van der Waals surface area contributed by atoms with E-state index in [9.17, 15) is 4.79 Å². The van der Waals surface area contributed by atoms with Gasteiger partial charge in [-0.25, -0.2) is 0 Å². The number of nitrogens with zero attached hydrogens (tertiary/aromatic N) is 1. The Balaban J connectivity index is 1.51. The highest BCUT2D eigenvalue weighted by Gasteiger charge is 2.15. The third-order valence-corrected chi connectivity index (χ3v) is 4.35. The maximum atomic E-state index is 12.4. The molecule has 142 valence electrons. The zero-order chi connectivity index (χ0) is 19.2. The van der Waals surface area contributed by atoms with Crippen LogP contribution in [0.2, 0.25) is 0 Å². The lowest BCUT2D eigenvalue weighted by molar-refractivity contribution is -0.122. The summed E-state index contributed by atoms with van der Waals surface area (Å²) in [5.41, 5.74) is 1.97. The van der Waals surface area contributed by atoms with Gasteiger partial charge in [-0.3, -0.25) is 9.69 Å². The van der Waals surface area contributed by atoms with Gasteiger partial charge in [0.15, 0.2) is 0 Å². The van der Waals surface area contributed by atoms with Gasteiger partial charge >= 0.3 is 0 Å². The first-order chi connectivity index (χ1) is 13.0. The number of amides is 1. The maximum absolute atomic E-state index is 12.4. The van der Waals surface area contributed by atoms with Gasteiger partial charge in [0.25, 0.3) is 0 Å². The van der Waals surface area contributed by atoms with Gasteiger partial charge in [0.1, 0.15) is 17.1 Å². The van der Waals surface area contributed by atoms with Gasteiger partial charge in [-0.15, -0.1) is 0 Å². The van der Waals surface area contributed by atoms with Gasteiger partial charge in [-0.2, -0.15) is 0 Å². The van der Waals surface area contributed by atoms with E-state index in [2.05, 4.69) is 5.32 Å². The van der Waals surface area contributed by atoms with Crippen molar-refractivity contribution in [2.24, 2.45) is 0 Å². The van der Waals surface area contributed by atoms with Crippen LogP contribution in [-0.2, 0) is 11.3 Å². The lowest BCUT2D eigenvalue weighted by Gasteiger charge is -2.18. The predicted molar refractivity (Wildman–Crippen MR) is 107 cm³/mol. The van der Waals surface area contributed by atoms with Crippen LogP contribution in [0.25, 0.3) is 11.0 Å². The van der Waals surface area contributed by atoms with E-state index in [1.165, 1.54) is 0 Å². The van der Waals surface area contributed by atoms with E-state index in [0.29, 0.717) is 19.7 Å². The van der Waals surface area contributed by atoms with Crippen molar-refractivity contribution >= 4 is 16.9 Å². The van der Waals surface area contributed by atoms with Crippen molar-refractivity contribution in [3.8, 4) is 5.75 Å². The second-order valence-corrected chi connectivity index (χ2v) is 6.73. The second-order valence-electron chi connectivity index (χ2n) is 6.73. The van der Waals surface area contributed by atoms with Crippen LogP contribution in [-0.4, -0.2) is 31.0 Å². The lowest BCUT2D eigenvalue weighted by Crippen LogP contribution is -2.36. The summed E-state index contributed by atoms with van der Waals surface area (Å²) in [6, 6.07) is 17.6. The Hall–Kier alpha value is -2.79. The molecule has 3 rings (SSSR count). The molecule has 1 N–H and O–H groups in total. The van der Waals surface area contributed by atoms with Crippen molar-refractivity contribution in [2.45, 2.75) is 26.4 Å². The van der Waals surface area contributed by atoms with E-state index in [1.54, 1.807) is 0 Å². The van der Waals surface area contributed by atoms with Crippen LogP contribution in [0.5, 0.6) is 5.75 Å². The summed E-state index contributed by atoms with van der Waals surface area (Å²) in [7, 11) is 1.93. The minimum Gasteiger partial charge on any atom is -0.494 e. The number of fused-ring (bicyclic) bond motifs is 1. The third kappa shape index (κ3) is 5.11. The molecule has 5 nitrogen and oxygen atoms in total.